The van der Waals surface area contributed by atoms with E-state index in [1.807, 2.05) is 24.0 Å². The first kappa shape index (κ1) is 22.9. The SMILES string of the molecule is CCCC[C@H](NC(=O)c1ccc(C)cc1)C(=O)N1CCN(CC(=O)OCC)CC1. The van der Waals surface area contributed by atoms with Gasteiger partial charge in [0.2, 0.25) is 5.91 Å². The Labute approximate surface area is 173 Å². The van der Waals surface area contributed by atoms with Gasteiger partial charge in [0.1, 0.15) is 6.04 Å². The zero-order chi connectivity index (χ0) is 21.2. The highest BCUT2D eigenvalue weighted by atomic mass is 16.5. The second-order valence-corrected chi connectivity index (χ2v) is 7.44. The zero-order valence-corrected chi connectivity index (χ0v) is 17.8. The molecule has 7 nitrogen and oxygen atoms in total. The molecule has 0 aliphatic carbocycles. The molecule has 160 valence electrons. The van der Waals surface area contributed by atoms with E-state index in [0.717, 1.165) is 18.4 Å². The average Bonchev–Trinajstić information content (AvgIpc) is 2.71. The van der Waals surface area contributed by atoms with Gasteiger partial charge in [-0.3, -0.25) is 19.3 Å². The number of carbonyl (C=O) groups excluding carboxylic acids is 3. The summed E-state index contributed by atoms with van der Waals surface area (Å²) in [6.45, 7) is 8.77. The third-order valence-corrected chi connectivity index (χ3v) is 5.11. The summed E-state index contributed by atoms with van der Waals surface area (Å²) in [5, 5.41) is 2.93. The molecular formula is C22H33N3O4. The number of piperazine rings is 1. The fraction of sp³-hybridized carbons (Fsp3) is 0.591. The molecule has 0 spiro atoms. The second kappa shape index (κ2) is 11.6. The molecule has 1 aromatic carbocycles. The number of esters is 1. The normalized spacial score (nSPS) is 15.6. The molecule has 0 bridgehead atoms. The lowest BCUT2D eigenvalue weighted by atomic mass is 10.1. The van der Waals surface area contributed by atoms with Gasteiger partial charge in [-0.25, -0.2) is 0 Å². The van der Waals surface area contributed by atoms with Gasteiger partial charge in [-0.2, -0.15) is 0 Å². The summed E-state index contributed by atoms with van der Waals surface area (Å²) in [4.78, 5) is 41.1. The molecule has 7 heteroatoms. The Morgan fingerprint density at radius 1 is 1.07 bits per heavy atom. The average molecular weight is 404 g/mol. The maximum atomic E-state index is 13.1. The molecule has 0 aromatic heterocycles. The summed E-state index contributed by atoms with van der Waals surface area (Å²) < 4.78 is 4.99. The van der Waals surface area contributed by atoms with Crippen LogP contribution in [0.25, 0.3) is 0 Å². The van der Waals surface area contributed by atoms with E-state index in [4.69, 9.17) is 4.74 Å². The number of nitrogens with one attached hydrogen (secondary N) is 1. The van der Waals surface area contributed by atoms with Crippen LogP contribution in [0.5, 0.6) is 0 Å². The lowest BCUT2D eigenvalue weighted by molar-refractivity contribution is -0.145. The van der Waals surface area contributed by atoms with Crippen molar-refractivity contribution in [2.75, 3.05) is 39.3 Å². The Hall–Kier alpha value is -2.41. The number of aryl methyl sites for hydroxylation is 1. The molecule has 1 saturated heterocycles. The fourth-order valence-corrected chi connectivity index (χ4v) is 3.35. The summed E-state index contributed by atoms with van der Waals surface area (Å²) in [5.41, 5.74) is 1.64. The number of hydrogen-bond acceptors (Lipinski definition) is 5. The molecular weight excluding hydrogens is 370 g/mol. The number of benzene rings is 1. The highest BCUT2D eigenvalue weighted by Crippen LogP contribution is 2.11. The van der Waals surface area contributed by atoms with Crippen LogP contribution in [-0.2, 0) is 14.3 Å². The Kier molecular flexibility index (Phi) is 9.12. The van der Waals surface area contributed by atoms with Crippen molar-refractivity contribution in [1.29, 1.82) is 0 Å². The van der Waals surface area contributed by atoms with Gasteiger partial charge in [0.25, 0.3) is 5.91 Å². The van der Waals surface area contributed by atoms with Gasteiger partial charge in [0.05, 0.1) is 13.2 Å². The Bertz CT molecular complexity index is 682. The summed E-state index contributed by atoms with van der Waals surface area (Å²) >= 11 is 0. The van der Waals surface area contributed by atoms with Crippen LogP contribution < -0.4 is 5.32 Å². The van der Waals surface area contributed by atoms with Gasteiger partial charge in [-0.1, -0.05) is 37.5 Å². The number of nitrogens with zero attached hydrogens (tertiary/aromatic N) is 2. The second-order valence-electron chi connectivity index (χ2n) is 7.44. The number of hydrogen-bond donors (Lipinski definition) is 1. The number of rotatable bonds is 9. The number of carbonyl (C=O) groups is 3. The minimum Gasteiger partial charge on any atom is -0.465 e. The van der Waals surface area contributed by atoms with E-state index >= 15 is 0 Å². The molecule has 0 unspecified atom stereocenters. The van der Waals surface area contributed by atoms with Crippen molar-refractivity contribution >= 4 is 17.8 Å². The molecule has 2 rings (SSSR count). The van der Waals surface area contributed by atoms with Crippen LogP contribution in [-0.4, -0.2) is 73.0 Å². The van der Waals surface area contributed by atoms with Crippen molar-refractivity contribution in [3.63, 3.8) is 0 Å². The Morgan fingerprint density at radius 3 is 2.31 bits per heavy atom. The van der Waals surface area contributed by atoms with Gasteiger partial charge in [0, 0.05) is 31.7 Å². The smallest absolute Gasteiger partial charge is 0.320 e. The predicted octanol–water partition coefficient (Wildman–Crippen LogP) is 1.99. The lowest BCUT2D eigenvalue weighted by Gasteiger charge is -2.36. The molecule has 29 heavy (non-hydrogen) atoms. The summed E-state index contributed by atoms with van der Waals surface area (Å²) in [6.07, 6.45) is 2.45. The number of ether oxygens (including phenoxy) is 1. The van der Waals surface area contributed by atoms with E-state index in [0.29, 0.717) is 44.8 Å². The first-order chi connectivity index (χ1) is 13.9. The zero-order valence-electron chi connectivity index (χ0n) is 17.8. The monoisotopic (exact) mass is 403 g/mol. The minimum atomic E-state index is -0.527. The quantitative estimate of drug-likeness (QED) is 0.638. The molecule has 1 aliphatic heterocycles. The van der Waals surface area contributed by atoms with E-state index < -0.39 is 6.04 Å². The molecule has 1 heterocycles. The van der Waals surface area contributed by atoms with Crippen LogP contribution in [0.4, 0.5) is 0 Å². The van der Waals surface area contributed by atoms with E-state index in [1.165, 1.54) is 0 Å². The first-order valence-electron chi connectivity index (χ1n) is 10.5. The number of unbranched alkanes of at least 4 members (excludes halogenated alkanes) is 1. The van der Waals surface area contributed by atoms with E-state index in [1.54, 1.807) is 24.0 Å². The van der Waals surface area contributed by atoms with Gasteiger partial charge in [-0.15, -0.1) is 0 Å². The van der Waals surface area contributed by atoms with Crippen molar-refractivity contribution in [1.82, 2.24) is 15.1 Å². The standard InChI is InChI=1S/C22H33N3O4/c1-4-6-7-19(23-21(27)18-10-8-17(3)9-11-18)22(28)25-14-12-24(13-15-25)16-20(26)29-5-2/h8-11,19H,4-7,12-16H2,1-3H3,(H,23,27)/t19-/m0/s1. The predicted molar refractivity (Wildman–Crippen MR) is 112 cm³/mol. The molecule has 1 N–H and O–H groups in total. The molecule has 0 saturated carbocycles. The van der Waals surface area contributed by atoms with Crippen LogP contribution >= 0.6 is 0 Å². The molecule has 0 radical (unpaired) electrons. The van der Waals surface area contributed by atoms with Gasteiger partial charge < -0.3 is 15.0 Å². The third kappa shape index (κ3) is 7.16. The van der Waals surface area contributed by atoms with E-state index in [9.17, 15) is 14.4 Å². The molecule has 1 atom stereocenters. The molecule has 1 aliphatic rings. The van der Waals surface area contributed by atoms with Crippen molar-refractivity contribution in [2.45, 2.75) is 46.1 Å². The van der Waals surface area contributed by atoms with Crippen molar-refractivity contribution in [3.8, 4) is 0 Å². The third-order valence-electron chi connectivity index (χ3n) is 5.11. The van der Waals surface area contributed by atoms with Crippen LogP contribution in [0.3, 0.4) is 0 Å². The topological polar surface area (TPSA) is 79.0 Å². The fourth-order valence-electron chi connectivity index (χ4n) is 3.35. The highest BCUT2D eigenvalue weighted by molar-refractivity contribution is 5.97. The van der Waals surface area contributed by atoms with Crippen molar-refractivity contribution in [3.05, 3.63) is 35.4 Å². The maximum Gasteiger partial charge on any atom is 0.320 e. The van der Waals surface area contributed by atoms with Crippen molar-refractivity contribution in [2.24, 2.45) is 0 Å². The van der Waals surface area contributed by atoms with Gasteiger partial charge >= 0.3 is 5.97 Å². The van der Waals surface area contributed by atoms with Crippen LogP contribution in [0, 0.1) is 6.92 Å². The van der Waals surface area contributed by atoms with E-state index in [-0.39, 0.29) is 24.3 Å². The van der Waals surface area contributed by atoms with E-state index in [2.05, 4.69) is 12.2 Å². The Balaban J connectivity index is 1.93. The largest absolute Gasteiger partial charge is 0.465 e. The minimum absolute atomic E-state index is 0.0466. The van der Waals surface area contributed by atoms with Gasteiger partial charge in [0.15, 0.2) is 0 Å². The summed E-state index contributed by atoms with van der Waals surface area (Å²) in [5.74, 6) is -0.506. The van der Waals surface area contributed by atoms with Crippen LogP contribution in [0.2, 0.25) is 0 Å². The van der Waals surface area contributed by atoms with Crippen LogP contribution in [0.15, 0.2) is 24.3 Å². The summed E-state index contributed by atoms with van der Waals surface area (Å²) in [7, 11) is 0. The lowest BCUT2D eigenvalue weighted by Crippen LogP contribution is -2.55. The molecule has 1 aromatic rings. The van der Waals surface area contributed by atoms with Gasteiger partial charge in [-0.05, 0) is 32.4 Å². The molecule has 2 amide bonds. The first-order valence-corrected chi connectivity index (χ1v) is 10.5. The molecule has 1 fully saturated rings. The summed E-state index contributed by atoms with van der Waals surface area (Å²) in [6, 6.07) is 6.81. The van der Waals surface area contributed by atoms with Crippen molar-refractivity contribution < 1.29 is 19.1 Å². The maximum absolute atomic E-state index is 13.1. The van der Waals surface area contributed by atoms with Crippen LogP contribution in [0.1, 0.15) is 49.0 Å². The number of amides is 2. The Morgan fingerprint density at radius 2 is 1.72 bits per heavy atom. The highest BCUT2D eigenvalue weighted by Gasteiger charge is 2.29.